The maximum Gasteiger partial charge on any atom is 0.356 e. The van der Waals surface area contributed by atoms with Gasteiger partial charge >= 0.3 is 12.0 Å². The molecule has 1 amide bonds. The Morgan fingerprint density at radius 3 is 2.38 bits per heavy atom. The van der Waals surface area contributed by atoms with E-state index in [1.54, 1.807) is 6.92 Å². The summed E-state index contributed by atoms with van der Waals surface area (Å²) in [5.74, 6) is -1.12. The summed E-state index contributed by atoms with van der Waals surface area (Å²) in [4.78, 5) is 32.1. The van der Waals surface area contributed by atoms with Gasteiger partial charge in [0.25, 0.3) is 15.9 Å². The number of aryl methyl sites for hydroxylation is 1. The fourth-order valence-corrected chi connectivity index (χ4v) is 3.73. The molecule has 2 aromatic heterocycles. The molecule has 0 bridgehead atoms. The van der Waals surface area contributed by atoms with Crippen molar-refractivity contribution >= 4 is 33.4 Å². The molecule has 0 unspecified atom stereocenters. The van der Waals surface area contributed by atoms with E-state index >= 15 is 0 Å². The first-order valence-electron chi connectivity index (χ1n) is 9.79. The molecule has 0 spiro atoms. The molecule has 14 heteroatoms. The van der Waals surface area contributed by atoms with Crippen LogP contribution in [0.2, 0.25) is 0 Å². The van der Waals surface area contributed by atoms with Crippen LogP contribution in [0.3, 0.4) is 0 Å². The Kier molecular flexibility index (Phi) is 7.31. The normalized spacial score (nSPS) is 10.9. The van der Waals surface area contributed by atoms with E-state index in [-0.39, 0.29) is 40.6 Å². The molecule has 0 aliphatic carbocycles. The highest BCUT2D eigenvalue weighted by Gasteiger charge is 2.20. The first kappa shape index (κ1) is 24.4. The maximum atomic E-state index is 12.7. The van der Waals surface area contributed by atoms with Gasteiger partial charge in [-0.2, -0.15) is 15.1 Å². The Hall–Kier alpha value is -4.20. The maximum absolute atomic E-state index is 12.7. The number of aromatic nitrogens is 4. The van der Waals surface area contributed by atoms with E-state index in [9.17, 15) is 18.0 Å². The zero-order valence-electron chi connectivity index (χ0n) is 18.7. The molecule has 180 valence electrons. The lowest BCUT2D eigenvalue weighted by Gasteiger charge is -2.10. The topological polar surface area (TPSA) is 164 Å². The second-order valence-corrected chi connectivity index (χ2v) is 8.31. The quantitative estimate of drug-likeness (QED) is 0.420. The molecule has 0 aliphatic rings. The van der Waals surface area contributed by atoms with Gasteiger partial charge in [-0.1, -0.05) is 0 Å². The Morgan fingerprint density at radius 2 is 1.76 bits per heavy atom. The molecule has 3 rings (SSSR count). The summed E-state index contributed by atoms with van der Waals surface area (Å²) >= 11 is 0. The van der Waals surface area contributed by atoms with Crippen molar-refractivity contribution in [3.05, 3.63) is 47.8 Å². The third-order valence-electron chi connectivity index (χ3n) is 4.33. The summed E-state index contributed by atoms with van der Waals surface area (Å²) in [6.45, 7) is 1.86. The number of rotatable bonds is 9. The monoisotopic (exact) mass is 490 g/mol. The Labute approximate surface area is 195 Å². The van der Waals surface area contributed by atoms with Gasteiger partial charge in [0.2, 0.25) is 5.88 Å². The number of carbonyl (C=O) groups is 2. The molecule has 0 saturated carbocycles. The first-order valence-corrected chi connectivity index (χ1v) is 11.3. The van der Waals surface area contributed by atoms with Gasteiger partial charge in [0.1, 0.15) is 5.69 Å². The minimum absolute atomic E-state index is 0.00410. The summed E-state index contributed by atoms with van der Waals surface area (Å²) in [5.41, 5.74) is 0.436. The van der Waals surface area contributed by atoms with Gasteiger partial charge < -0.3 is 19.5 Å². The molecule has 0 fully saturated rings. The number of esters is 1. The standard InChI is InChI=1S/C20H22N6O7S/c1-5-33-19(28)15-10-14(24-26(15)2)18(27)21-12-6-8-13(9-7-12)34(29,30)25-16-11-17(31-3)23-20(22-16)32-4/h6-11H,5H2,1-4H3,(H,21,27)(H,22,23,25). The molecule has 0 radical (unpaired) electrons. The molecule has 1 aromatic carbocycles. The molecule has 2 heterocycles. The molecule has 0 saturated heterocycles. The van der Waals surface area contributed by atoms with E-state index in [0.717, 1.165) is 0 Å². The van der Waals surface area contributed by atoms with Crippen LogP contribution in [0.25, 0.3) is 0 Å². The lowest BCUT2D eigenvalue weighted by Crippen LogP contribution is -2.15. The number of methoxy groups -OCH3 is 2. The number of hydrogen-bond donors (Lipinski definition) is 2. The van der Waals surface area contributed by atoms with Crippen LogP contribution in [0, 0.1) is 0 Å². The van der Waals surface area contributed by atoms with Crippen molar-refractivity contribution in [3.63, 3.8) is 0 Å². The van der Waals surface area contributed by atoms with Gasteiger partial charge in [-0.15, -0.1) is 0 Å². The zero-order valence-corrected chi connectivity index (χ0v) is 19.5. The van der Waals surface area contributed by atoms with Gasteiger partial charge in [-0.3, -0.25) is 14.2 Å². The Balaban J connectivity index is 1.73. The van der Waals surface area contributed by atoms with Crippen molar-refractivity contribution < 1.29 is 32.2 Å². The first-order chi connectivity index (χ1) is 16.2. The van der Waals surface area contributed by atoms with Crippen LogP contribution in [-0.2, 0) is 21.8 Å². The van der Waals surface area contributed by atoms with Gasteiger partial charge in [0.05, 0.1) is 25.7 Å². The molecule has 13 nitrogen and oxygen atoms in total. The van der Waals surface area contributed by atoms with Crippen LogP contribution in [0.1, 0.15) is 27.9 Å². The zero-order chi connectivity index (χ0) is 24.9. The molecule has 34 heavy (non-hydrogen) atoms. The number of anilines is 2. The number of nitrogens with one attached hydrogen (secondary N) is 2. The third-order valence-corrected chi connectivity index (χ3v) is 5.70. The number of carbonyl (C=O) groups excluding carboxylic acids is 2. The van der Waals surface area contributed by atoms with Gasteiger partial charge in [-0.05, 0) is 31.2 Å². The van der Waals surface area contributed by atoms with Crippen LogP contribution >= 0.6 is 0 Å². The summed E-state index contributed by atoms with van der Waals surface area (Å²) in [6, 6.07) is 7.94. The van der Waals surface area contributed by atoms with E-state index in [0.29, 0.717) is 5.69 Å². The summed E-state index contributed by atoms with van der Waals surface area (Å²) in [5, 5.41) is 6.60. The molecule has 2 N–H and O–H groups in total. The van der Waals surface area contributed by atoms with Crippen molar-refractivity contribution in [1.29, 1.82) is 0 Å². The molecule has 0 atom stereocenters. The molecule has 3 aromatic rings. The predicted octanol–water partition coefficient (Wildman–Crippen LogP) is 1.46. The highest BCUT2D eigenvalue weighted by molar-refractivity contribution is 7.92. The van der Waals surface area contributed by atoms with Crippen LogP contribution in [0.4, 0.5) is 11.5 Å². The fraction of sp³-hybridized carbons (Fsp3) is 0.250. The van der Waals surface area contributed by atoms with Crippen molar-refractivity contribution in [1.82, 2.24) is 19.7 Å². The Morgan fingerprint density at radius 1 is 1.06 bits per heavy atom. The number of amides is 1. The van der Waals surface area contributed by atoms with E-state index in [4.69, 9.17) is 14.2 Å². The lowest BCUT2D eigenvalue weighted by atomic mass is 10.3. The van der Waals surface area contributed by atoms with Gasteiger partial charge in [0.15, 0.2) is 11.5 Å². The summed E-state index contributed by atoms with van der Waals surface area (Å²) < 4.78 is 43.8. The minimum Gasteiger partial charge on any atom is -0.481 e. The predicted molar refractivity (Wildman–Crippen MR) is 120 cm³/mol. The third kappa shape index (κ3) is 5.58. The van der Waals surface area contributed by atoms with Crippen LogP contribution in [0.5, 0.6) is 11.9 Å². The fourth-order valence-electron chi connectivity index (χ4n) is 2.74. The Bertz CT molecular complexity index is 1280. The van der Waals surface area contributed by atoms with E-state index < -0.39 is 21.9 Å². The summed E-state index contributed by atoms with van der Waals surface area (Å²) in [6.07, 6.45) is 0. The average molecular weight is 490 g/mol. The van der Waals surface area contributed by atoms with Gasteiger partial charge in [0, 0.05) is 24.9 Å². The lowest BCUT2D eigenvalue weighted by molar-refractivity contribution is 0.0513. The summed E-state index contributed by atoms with van der Waals surface area (Å²) in [7, 11) is 0.210. The SMILES string of the molecule is CCOC(=O)c1cc(C(=O)Nc2ccc(S(=O)(=O)Nc3cc(OC)nc(OC)n3)cc2)nn1C. The van der Waals surface area contributed by atoms with E-state index in [1.165, 1.54) is 62.3 Å². The van der Waals surface area contributed by atoms with Crippen LogP contribution in [0.15, 0.2) is 41.3 Å². The van der Waals surface area contributed by atoms with E-state index in [1.807, 2.05) is 0 Å². The number of sulfonamides is 1. The highest BCUT2D eigenvalue weighted by Crippen LogP contribution is 2.21. The average Bonchev–Trinajstić information content (AvgIpc) is 3.21. The van der Waals surface area contributed by atoms with E-state index in [2.05, 4.69) is 25.1 Å². The minimum atomic E-state index is -4.01. The van der Waals surface area contributed by atoms with Crippen molar-refractivity contribution in [3.8, 4) is 11.9 Å². The number of hydrogen-bond acceptors (Lipinski definition) is 10. The number of nitrogens with zero attached hydrogens (tertiary/aromatic N) is 4. The highest BCUT2D eigenvalue weighted by atomic mass is 32.2. The number of ether oxygens (including phenoxy) is 3. The van der Waals surface area contributed by atoms with Crippen molar-refractivity contribution in [2.45, 2.75) is 11.8 Å². The van der Waals surface area contributed by atoms with Crippen LogP contribution in [-0.4, -0.2) is 60.9 Å². The smallest absolute Gasteiger partial charge is 0.356 e. The number of benzene rings is 1. The van der Waals surface area contributed by atoms with Crippen LogP contribution < -0.4 is 19.5 Å². The second-order valence-electron chi connectivity index (χ2n) is 6.63. The second kappa shape index (κ2) is 10.2. The molecular weight excluding hydrogens is 468 g/mol. The van der Waals surface area contributed by atoms with Crippen molar-refractivity contribution in [2.75, 3.05) is 30.9 Å². The molecular formula is C20H22N6O7S. The largest absolute Gasteiger partial charge is 0.481 e. The van der Waals surface area contributed by atoms with Crippen molar-refractivity contribution in [2.24, 2.45) is 7.05 Å². The molecule has 0 aliphatic heterocycles. The van der Waals surface area contributed by atoms with Gasteiger partial charge in [-0.25, -0.2) is 13.2 Å².